The smallest absolute Gasteiger partial charge is 0.305 e. The van der Waals surface area contributed by atoms with Gasteiger partial charge in [0.15, 0.2) is 0 Å². The molecule has 2 aromatic carbocycles. The number of aliphatic carboxylic acids is 1. The fourth-order valence-electron chi connectivity index (χ4n) is 4.24. The molecule has 5 rings (SSSR count). The summed E-state index contributed by atoms with van der Waals surface area (Å²) in [5.74, 6) is -1.12. The molecule has 0 spiro atoms. The molecule has 2 aromatic heterocycles. The number of thioether (sulfide) groups is 1. The predicted octanol–water partition coefficient (Wildman–Crippen LogP) is 4.90. The monoisotopic (exact) mass is 480 g/mol. The average molecular weight is 481 g/mol. The van der Waals surface area contributed by atoms with Crippen molar-refractivity contribution >= 4 is 62.7 Å². The van der Waals surface area contributed by atoms with Crippen LogP contribution in [0.4, 0.5) is 5.69 Å². The van der Waals surface area contributed by atoms with Gasteiger partial charge in [-0.3, -0.25) is 14.6 Å². The van der Waals surface area contributed by atoms with Gasteiger partial charge in [0.25, 0.3) is 0 Å². The molecule has 33 heavy (non-hydrogen) atoms. The quantitative estimate of drug-likeness (QED) is 0.348. The lowest BCUT2D eigenvalue weighted by Gasteiger charge is -2.24. The third-order valence-electron chi connectivity index (χ3n) is 5.75. The Morgan fingerprint density at radius 3 is 2.91 bits per heavy atom. The topological polar surface area (TPSA) is 98.3 Å². The second-order valence-corrected chi connectivity index (χ2v) is 9.57. The van der Waals surface area contributed by atoms with E-state index in [4.69, 9.17) is 11.6 Å². The van der Waals surface area contributed by atoms with Gasteiger partial charge in [-0.2, -0.15) is 0 Å². The zero-order chi connectivity index (χ0) is 22.9. The molecule has 0 radical (unpaired) electrons. The van der Waals surface area contributed by atoms with E-state index in [0.717, 1.165) is 33.1 Å². The highest BCUT2D eigenvalue weighted by molar-refractivity contribution is 8.01. The maximum atomic E-state index is 13.2. The number of hydrogen-bond donors (Lipinski definition) is 3. The van der Waals surface area contributed by atoms with Gasteiger partial charge in [0.2, 0.25) is 5.91 Å². The second kappa shape index (κ2) is 8.96. The largest absolute Gasteiger partial charge is 0.481 e. The molecule has 0 bridgehead atoms. The molecule has 3 N–H and O–H groups in total. The van der Waals surface area contributed by atoms with Gasteiger partial charge in [-0.05, 0) is 30.3 Å². The number of anilines is 1. The first kappa shape index (κ1) is 21.6. The van der Waals surface area contributed by atoms with Gasteiger partial charge in [-0.15, -0.1) is 11.8 Å². The van der Waals surface area contributed by atoms with Crippen LogP contribution in [0.3, 0.4) is 0 Å². The second-order valence-electron chi connectivity index (χ2n) is 7.84. The van der Waals surface area contributed by atoms with Crippen LogP contribution < -0.4 is 5.32 Å². The van der Waals surface area contributed by atoms with E-state index in [0.29, 0.717) is 18.1 Å². The van der Waals surface area contributed by atoms with Crippen LogP contribution in [0.25, 0.3) is 21.8 Å². The fraction of sp³-hybridized carbons (Fsp3) is 0.208. The van der Waals surface area contributed by atoms with Crippen LogP contribution in [0.2, 0.25) is 5.02 Å². The van der Waals surface area contributed by atoms with Crippen molar-refractivity contribution < 1.29 is 14.7 Å². The number of rotatable bonds is 7. The summed E-state index contributed by atoms with van der Waals surface area (Å²) >= 11 is 7.48. The number of halogens is 1. The molecule has 1 fully saturated rings. The molecule has 0 aliphatic carbocycles. The maximum Gasteiger partial charge on any atom is 0.305 e. The molecule has 1 amide bonds. The summed E-state index contributed by atoms with van der Waals surface area (Å²) < 4.78 is 0. The number of aromatic amines is 1. The molecule has 2 atom stereocenters. The minimum Gasteiger partial charge on any atom is -0.481 e. The van der Waals surface area contributed by atoms with Crippen molar-refractivity contribution in [2.75, 3.05) is 18.4 Å². The van der Waals surface area contributed by atoms with Crippen LogP contribution in [-0.2, 0) is 9.59 Å². The number of amides is 1. The lowest BCUT2D eigenvalue weighted by Crippen LogP contribution is -2.35. The first-order chi connectivity index (χ1) is 16.0. The van der Waals surface area contributed by atoms with Gasteiger partial charge in [-0.25, -0.2) is 0 Å². The highest BCUT2D eigenvalue weighted by Gasteiger charge is 2.42. The summed E-state index contributed by atoms with van der Waals surface area (Å²) in [4.78, 5) is 33.9. The van der Waals surface area contributed by atoms with Crippen molar-refractivity contribution in [2.45, 2.75) is 17.0 Å². The minimum absolute atomic E-state index is 0.147. The van der Waals surface area contributed by atoms with E-state index in [-0.39, 0.29) is 17.7 Å². The molecule has 0 saturated carbocycles. The average Bonchev–Trinajstić information content (AvgIpc) is 3.35. The molecule has 1 aliphatic heterocycles. The molecule has 4 aromatic rings. The van der Waals surface area contributed by atoms with Gasteiger partial charge in [-0.1, -0.05) is 29.8 Å². The number of nitrogens with zero attached hydrogens (tertiary/aromatic N) is 2. The Kier molecular flexibility index (Phi) is 5.86. The van der Waals surface area contributed by atoms with Crippen LogP contribution in [0.1, 0.15) is 17.4 Å². The number of carbonyl (C=O) groups excluding carboxylic acids is 1. The van der Waals surface area contributed by atoms with Crippen molar-refractivity contribution in [1.29, 1.82) is 0 Å². The maximum absolute atomic E-state index is 13.2. The van der Waals surface area contributed by atoms with E-state index in [9.17, 15) is 14.7 Å². The van der Waals surface area contributed by atoms with Crippen LogP contribution in [0, 0.1) is 0 Å². The molecule has 2 unspecified atom stereocenters. The van der Waals surface area contributed by atoms with Gasteiger partial charge >= 0.3 is 5.97 Å². The fourth-order valence-corrected chi connectivity index (χ4v) is 5.90. The highest BCUT2D eigenvalue weighted by Crippen LogP contribution is 2.46. The predicted molar refractivity (Wildman–Crippen MR) is 132 cm³/mol. The standard InChI is InChI=1S/C24H21ClN4O3S/c25-14-5-6-16-19(7-8-26-20(16)11-14)27-9-10-29-23(32)21(12-22(30)31)33-24(29)17-13-28-18-4-2-1-3-15(17)18/h1-8,11,13,21,24,28H,9-10,12H2,(H,26,27)(H,30,31). The summed E-state index contributed by atoms with van der Waals surface area (Å²) in [7, 11) is 0. The van der Waals surface area contributed by atoms with Crippen LogP contribution in [0.5, 0.6) is 0 Å². The summed E-state index contributed by atoms with van der Waals surface area (Å²) in [6.45, 7) is 0.941. The van der Waals surface area contributed by atoms with Crippen LogP contribution >= 0.6 is 23.4 Å². The van der Waals surface area contributed by atoms with E-state index >= 15 is 0 Å². The van der Waals surface area contributed by atoms with Crippen molar-refractivity contribution in [1.82, 2.24) is 14.9 Å². The molecule has 9 heteroatoms. The zero-order valence-electron chi connectivity index (χ0n) is 17.5. The first-order valence-electron chi connectivity index (χ1n) is 10.5. The molecule has 1 saturated heterocycles. The number of benzene rings is 2. The lowest BCUT2D eigenvalue weighted by molar-refractivity contribution is -0.140. The summed E-state index contributed by atoms with van der Waals surface area (Å²) in [6, 6.07) is 15.4. The van der Waals surface area contributed by atoms with Crippen molar-refractivity contribution in [3.8, 4) is 0 Å². The number of carbonyl (C=O) groups is 2. The van der Waals surface area contributed by atoms with Gasteiger partial charge in [0.1, 0.15) is 5.37 Å². The third-order valence-corrected chi connectivity index (χ3v) is 7.45. The number of carboxylic acids is 1. The lowest BCUT2D eigenvalue weighted by atomic mass is 10.1. The van der Waals surface area contributed by atoms with Gasteiger partial charge in [0.05, 0.1) is 17.2 Å². The number of pyridine rings is 1. The number of aromatic nitrogens is 2. The number of fused-ring (bicyclic) bond motifs is 2. The van der Waals surface area contributed by atoms with Crippen molar-refractivity contribution in [3.05, 3.63) is 71.5 Å². The summed E-state index contributed by atoms with van der Waals surface area (Å²) in [5, 5.41) is 14.4. The van der Waals surface area contributed by atoms with E-state index in [1.54, 1.807) is 11.1 Å². The Balaban J connectivity index is 1.39. The Hall–Kier alpha value is -3.23. The highest BCUT2D eigenvalue weighted by atomic mass is 35.5. The normalized spacial score (nSPS) is 18.3. The number of hydrogen-bond acceptors (Lipinski definition) is 5. The number of H-pyrrole nitrogens is 1. The zero-order valence-corrected chi connectivity index (χ0v) is 19.1. The Labute approximate surface area is 199 Å². The molecular weight excluding hydrogens is 460 g/mol. The van der Waals surface area contributed by atoms with Gasteiger partial charge in [0, 0.05) is 58.0 Å². The number of nitrogens with one attached hydrogen (secondary N) is 2. The van der Waals surface area contributed by atoms with E-state index in [2.05, 4.69) is 15.3 Å². The molecule has 1 aliphatic rings. The molecular formula is C24H21ClN4O3S. The molecule has 7 nitrogen and oxygen atoms in total. The van der Waals surface area contributed by atoms with Gasteiger partial charge < -0.3 is 20.3 Å². The molecule has 3 heterocycles. The Morgan fingerprint density at radius 1 is 1.21 bits per heavy atom. The first-order valence-corrected chi connectivity index (χ1v) is 11.9. The Morgan fingerprint density at radius 2 is 2.06 bits per heavy atom. The summed E-state index contributed by atoms with van der Waals surface area (Å²) in [5.41, 5.74) is 3.67. The number of carboxylic acid groups (broad SMARTS) is 1. The third kappa shape index (κ3) is 4.24. The van der Waals surface area contributed by atoms with Crippen molar-refractivity contribution in [3.63, 3.8) is 0 Å². The minimum atomic E-state index is -0.972. The van der Waals surface area contributed by atoms with Crippen LogP contribution in [0.15, 0.2) is 60.9 Å². The van der Waals surface area contributed by atoms with E-state index in [1.165, 1.54) is 11.8 Å². The van der Waals surface area contributed by atoms with E-state index < -0.39 is 11.2 Å². The van der Waals surface area contributed by atoms with E-state index in [1.807, 2.05) is 54.7 Å². The molecule has 168 valence electrons. The van der Waals surface area contributed by atoms with Crippen molar-refractivity contribution in [2.24, 2.45) is 0 Å². The SMILES string of the molecule is O=C(O)CC1SC(c2c[nH]c3ccccc23)N(CCNc2ccnc3cc(Cl)ccc23)C1=O. The summed E-state index contributed by atoms with van der Waals surface area (Å²) in [6.07, 6.45) is 3.44. The Bertz CT molecular complexity index is 1360. The number of para-hydroxylation sites is 1. The van der Waals surface area contributed by atoms with Crippen LogP contribution in [-0.4, -0.2) is 50.2 Å².